The molecule has 2 heteroatoms. The molecule has 0 aliphatic heterocycles. The Balaban J connectivity index is 2.02. The zero-order valence-corrected chi connectivity index (χ0v) is 13.2. The average molecular weight is 273 g/mol. The molecule has 0 bridgehead atoms. The van der Waals surface area contributed by atoms with Crippen LogP contribution in [0.25, 0.3) is 0 Å². The van der Waals surface area contributed by atoms with E-state index in [1.54, 1.807) is 0 Å². The fourth-order valence-corrected chi connectivity index (χ4v) is 3.23. The molecule has 0 N–H and O–H groups in total. The maximum absolute atomic E-state index is 12.2. The topological polar surface area (TPSA) is 20.3 Å². The molecule has 2 rings (SSSR count). The first-order valence-corrected chi connectivity index (χ1v) is 7.78. The van der Waals surface area contributed by atoms with Crippen LogP contribution < -0.4 is 4.90 Å². The van der Waals surface area contributed by atoms with E-state index in [0.717, 1.165) is 25.8 Å². The Morgan fingerprint density at radius 1 is 1.35 bits per heavy atom. The second-order valence-corrected chi connectivity index (χ2v) is 6.66. The van der Waals surface area contributed by atoms with E-state index < -0.39 is 0 Å². The van der Waals surface area contributed by atoms with E-state index in [1.807, 2.05) is 0 Å². The van der Waals surface area contributed by atoms with Gasteiger partial charge in [-0.2, -0.15) is 0 Å². The molecule has 1 aliphatic rings. The van der Waals surface area contributed by atoms with E-state index in [1.165, 1.54) is 11.3 Å². The van der Waals surface area contributed by atoms with Gasteiger partial charge in [0.05, 0.1) is 0 Å². The van der Waals surface area contributed by atoms with Gasteiger partial charge >= 0.3 is 0 Å². The number of nitrogens with zero attached hydrogens (tertiary/aromatic N) is 1. The Morgan fingerprint density at radius 2 is 2.10 bits per heavy atom. The number of carbonyl (C=O) groups excluding carboxylic acids is 1. The third kappa shape index (κ3) is 3.62. The average Bonchev–Trinajstić information content (AvgIpc) is 2.41. The van der Waals surface area contributed by atoms with Gasteiger partial charge in [0.15, 0.2) is 0 Å². The molecule has 1 aromatic rings. The zero-order valence-electron chi connectivity index (χ0n) is 13.2. The fourth-order valence-electron chi connectivity index (χ4n) is 3.23. The second kappa shape index (κ2) is 6.43. The number of ketones is 1. The summed E-state index contributed by atoms with van der Waals surface area (Å²) in [4.78, 5) is 14.4. The Hall–Kier alpha value is -1.31. The van der Waals surface area contributed by atoms with Gasteiger partial charge in [0.25, 0.3) is 0 Å². The molecule has 1 fully saturated rings. The van der Waals surface area contributed by atoms with Gasteiger partial charge in [0, 0.05) is 31.6 Å². The van der Waals surface area contributed by atoms with E-state index in [4.69, 9.17) is 0 Å². The van der Waals surface area contributed by atoms with E-state index in [-0.39, 0.29) is 5.92 Å². The summed E-state index contributed by atoms with van der Waals surface area (Å²) in [5, 5.41) is 0. The fraction of sp³-hybridized carbons (Fsp3) is 0.611. The molecule has 0 heterocycles. The summed E-state index contributed by atoms with van der Waals surface area (Å²) in [6.45, 7) is 7.52. The summed E-state index contributed by atoms with van der Waals surface area (Å²) in [6, 6.07) is 8.51. The summed E-state index contributed by atoms with van der Waals surface area (Å²) >= 11 is 0. The molecule has 1 aromatic carbocycles. The molecule has 110 valence electrons. The molecular weight excluding hydrogens is 246 g/mol. The van der Waals surface area contributed by atoms with E-state index in [0.29, 0.717) is 17.6 Å². The van der Waals surface area contributed by atoms with Crippen LogP contribution in [0.2, 0.25) is 0 Å². The lowest BCUT2D eigenvalue weighted by atomic mass is 9.75. The number of carbonyl (C=O) groups is 1. The highest BCUT2D eigenvalue weighted by molar-refractivity contribution is 5.82. The van der Waals surface area contributed by atoms with Crippen molar-refractivity contribution >= 4 is 11.5 Å². The Morgan fingerprint density at radius 3 is 2.75 bits per heavy atom. The molecule has 20 heavy (non-hydrogen) atoms. The van der Waals surface area contributed by atoms with Crippen molar-refractivity contribution in [2.75, 3.05) is 18.5 Å². The normalized spacial score (nSPS) is 23.1. The molecule has 0 saturated heterocycles. The van der Waals surface area contributed by atoms with Crippen LogP contribution >= 0.6 is 0 Å². The highest BCUT2D eigenvalue weighted by atomic mass is 16.1. The summed E-state index contributed by atoms with van der Waals surface area (Å²) in [5.41, 5.74) is 2.48. The molecule has 0 amide bonds. The molecule has 1 saturated carbocycles. The number of anilines is 1. The Labute approximate surface area is 123 Å². The maximum Gasteiger partial charge on any atom is 0.137 e. The van der Waals surface area contributed by atoms with Crippen molar-refractivity contribution in [3.8, 4) is 0 Å². The van der Waals surface area contributed by atoms with Crippen molar-refractivity contribution in [1.82, 2.24) is 0 Å². The van der Waals surface area contributed by atoms with Gasteiger partial charge in [0.2, 0.25) is 0 Å². The summed E-state index contributed by atoms with van der Waals surface area (Å²) in [5.74, 6) is 2.07. The predicted molar refractivity (Wildman–Crippen MR) is 85.1 cm³/mol. The van der Waals surface area contributed by atoms with Crippen molar-refractivity contribution in [1.29, 1.82) is 0 Å². The van der Waals surface area contributed by atoms with Crippen LogP contribution in [0, 0.1) is 24.7 Å². The van der Waals surface area contributed by atoms with E-state index in [9.17, 15) is 4.79 Å². The summed E-state index contributed by atoms with van der Waals surface area (Å²) in [7, 11) is 2.10. The highest BCUT2D eigenvalue weighted by Crippen LogP contribution is 2.32. The van der Waals surface area contributed by atoms with Gasteiger partial charge in [-0.3, -0.25) is 4.79 Å². The van der Waals surface area contributed by atoms with Crippen molar-refractivity contribution in [2.24, 2.45) is 17.8 Å². The first-order chi connectivity index (χ1) is 9.47. The lowest BCUT2D eigenvalue weighted by Crippen LogP contribution is -2.36. The minimum absolute atomic E-state index is 0.210. The lowest BCUT2D eigenvalue weighted by molar-refractivity contribution is -0.125. The number of benzene rings is 1. The van der Waals surface area contributed by atoms with Crippen LogP contribution in [-0.2, 0) is 4.79 Å². The third-order valence-corrected chi connectivity index (χ3v) is 4.68. The van der Waals surface area contributed by atoms with Gasteiger partial charge < -0.3 is 4.90 Å². The molecule has 2 nitrogen and oxygen atoms in total. The molecular formula is C18H27NO. The van der Waals surface area contributed by atoms with E-state index in [2.05, 4.69) is 57.0 Å². The van der Waals surface area contributed by atoms with Crippen molar-refractivity contribution in [3.63, 3.8) is 0 Å². The van der Waals surface area contributed by atoms with Crippen LogP contribution in [0.15, 0.2) is 24.3 Å². The Kier molecular flexibility index (Phi) is 4.85. The van der Waals surface area contributed by atoms with Crippen LogP contribution in [0.3, 0.4) is 0 Å². The van der Waals surface area contributed by atoms with Gasteiger partial charge in [-0.15, -0.1) is 0 Å². The predicted octanol–water partition coefficient (Wildman–Crippen LogP) is 4.07. The summed E-state index contributed by atoms with van der Waals surface area (Å²) < 4.78 is 0. The lowest BCUT2D eigenvalue weighted by Gasteiger charge is -2.33. The number of rotatable bonds is 4. The second-order valence-electron chi connectivity index (χ2n) is 6.66. The SMILES string of the molecule is Cc1cccc(N(C)CC2CC(C(C)C)CCC2=O)c1. The number of hydrogen-bond acceptors (Lipinski definition) is 2. The Bertz CT molecular complexity index is 466. The van der Waals surface area contributed by atoms with Crippen LogP contribution in [0.1, 0.15) is 38.7 Å². The zero-order chi connectivity index (χ0) is 14.7. The standard InChI is InChI=1S/C18H27NO/c1-13(2)15-8-9-18(20)16(11-15)12-19(4)17-7-5-6-14(3)10-17/h5-7,10,13,15-16H,8-9,11-12H2,1-4H3. The molecule has 0 spiro atoms. The minimum Gasteiger partial charge on any atom is -0.374 e. The maximum atomic E-state index is 12.2. The van der Waals surface area contributed by atoms with E-state index >= 15 is 0 Å². The first kappa shape index (κ1) is 15.1. The molecule has 0 aromatic heterocycles. The van der Waals surface area contributed by atoms with Gasteiger partial charge in [-0.25, -0.2) is 0 Å². The van der Waals surface area contributed by atoms with Crippen LogP contribution in [0.5, 0.6) is 0 Å². The van der Waals surface area contributed by atoms with Crippen LogP contribution in [-0.4, -0.2) is 19.4 Å². The molecule has 0 radical (unpaired) electrons. The quantitative estimate of drug-likeness (QED) is 0.824. The summed E-state index contributed by atoms with van der Waals surface area (Å²) in [6.07, 6.45) is 2.92. The first-order valence-electron chi connectivity index (χ1n) is 7.78. The third-order valence-electron chi connectivity index (χ3n) is 4.68. The number of Topliss-reactive ketones (excluding diaryl/α,β-unsaturated/α-hetero) is 1. The molecule has 2 unspecified atom stereocenters. The smallest absolute Gasteiger partial charge is 0.137 e. The van der Waals surface area contributed by atoms with Gasteiger partial charge in [0.1, 0.15) is 5.78 Å². The monoisotopic (exact) mass is 273 g/mol. The van der Waals surface area contributed by atoms with Gasteiger partial charge in [-0.05, 0) is 49.3 Å². The van der Waals surface area contributed by atoms with Crippen LogP contribution in [0.4, 0.5) is 5.69 Å². The number of aryl methyl sites for hydroxylation is 1. The van der Waals surface area contributed by atoms with Crippen molar-refractivity contribution in [2.45, 2.75) is 40.0 Å². The van der Waals surface area contributed by atoms with Gasteiger partial charge in [-0.1, -0.05) is 26.0 Å². The minimum atomic E-state index is 0.210. The molecule has 1 aliphatic carbocycles. The van der Waals surface area contributed by atoms with Crippen molar-refractivity contribution in [3.05, 3.63) is 29.8 Å². The largest absolute Gasteiger partial charge is 0.374 e. The van der Waals surface area contributed by atoms with Crippen molar-refractivity contribution < 1.29 is 4.79 Å². The highest BCUT2D eigenvalue weighted by Gasteiger charge is 2.30. The number of hydrogen-bond donors (Lipinski definition) is 0. The molecule has 2 atom stereocenters.